The lowest BCUT2D eigenvalue weighted by Crippen LogP contribution is -2.32. The highest BCUT2D eigenvalue weighted by molar-refractivity contribution is 7.99. The van der Waals surface area contributed by atoms with Crippen LogP contribution < -0.4 is 5.32 Å². The number of aromatic amines is 1. The van der Waals surface area contributed by atoms with Gasteiger partial charge in [0.15, 0.2) is 0 Å². The normalized spacial score (nSPS) is 18.8. The van der Waals surface area contributed by atoms with Crippen LogP contribution in [0.1, 0.15) is 12.2 Å². The third-order valence-corrected chi connectivity index (χ3v) is 4.56. The number of imidazole rings is 1. The highest BCUT2D eigenvalue weighted by Crippen LogP contribution is 2.23. The van der Waals surface area contributed by atoms with Gasteiger partial charge in [0.05, 0.1) is 11.0 Å². The highest BCUT2D eigenvalue weighted by Gasteiger charge is 2.22. The van der Waals surface area contributed by atoms with Gasteiger partial charge in [0.2, 0.25) is 5.91 Å². The van der Waals surface area contributed by atoms with E-state index in [4.69, 9.17) is 0 Å². The van der Waals surface area contributed by atoms with Gasteiger partial charge in [-0.2, -0.15) is 11.8 Å². The minimum Gasteiger partial charge on any atom is -0.355 e. The molecule has 1 aliphatic rings. The van der Waals surface area contributed by atoms with Crippen LogP contribution >= 0.6 is 11.8 Å². The molecule has 0 aliphatic carbocycles. The second kappa shape index (κ2) is 5.65. The third-order valence-electron chi connectivity index (χ3n) is 3.40. The van der Waals surface area contributed by atoms with E-state index in [1.807, 2.05) is 36.0 Å². The van der Waals surface area contributed by atoms with Crippen molar-refractivity contribution in [1.82, 2.24) is 15.3 Å². The van der Waals surface area contributed by atoms with Gasteiger partial charge in [-0.15, -0.1) is 0 Å². The lowest BCUT2D eigenvalue weighted by molar-refractivity contribution is -0.124. The van der Waals surface area contributed by atoms with Gasteiger partial charge in [-0.3, -0.25) is 4.79 Å². The first-order valence-corrected chi connectivity index (χ1v) is 7.77. The number of amides is 1. The molecular formula is C14H17N3OS. The van der Waals surface area contributed by atoms with Crippen LogP contribution in [-0.4, -0.2) is 33.9 Å². The molecule has 1 aliphatic heterocycles. The molecule has 3 rings (SSSR count). The SMILES string of the molecule is O=C(NCCc1nc2ccccc2[nH]1)C1CCSC1. The van der Waals surface area contributed by atoms with E-state index in [0.717, 1.165) is 41.2 Å². The molecule has 5 heteroatoms. The van der Waals surface area contributed by atoms with E-state index in [9.17, 15) is 4.79 Å². The lowest BCUT2D eigenvalue weighted by Gasteiger charge is -2.08. The monoisotopic (exact) mass is 275 g/mol. The van der Waals surface area contributed by atoms with Gasteiger partial charge in [-0.1, -0.05) is 12.1 Å². The van der Waals surface area contributed by atoms with Crippen LogP contribution in [-0.2, 0) is 11.2 Å². The van der Waals surface area contributed by atoms with Crippen LogP contribution in [0.5, 0.6) is 0 Å². The summed E-state index contributed by atoms with van der Waals surface area (Å²) in [6.45, 7) is 0.653. The van der Waals surface area contributed by atoms with Gasteiger partial charge >= 0.3 is 0 Å². The molecule has 2 N–H and O–H groups in total. The zero-order chi connectivity index (χ0) is 13.1. The number of hydrogen-bond acceptors (Lipinski definition) is 3. The Hall–Kier alpha value is -1.49. The van der Waals surface area contributed by atoms with Crippen LogP contribution in [0.3, 0.4) is 0 Å². The number of para-hydroxylation sites is 2. The largest absolute Gasteiger partial charge is 0.355 e. The summed E-state index contributed by atoms with van der Waals surface area (Å²) >= 11 is 1.86. The number of rotatable bonds is 4. The summed E-state index contributed by atoms with van der Waals surface area (Å²) in [6.07, 6.45) is 1.77. The Morgan fingerprint density at radius 2 is 2.37 bits per heavy atom. The fourth-order valence-corrected chi connectivity index (χ4v) is 3.53. The number of H-pyrrole nitrogens is 1. The smallest absolute Gasteiger partial charge is 0.223 e. The molecule has 19 heavy (non-hydrogen) atoms. The Bertz CT molecular complexity index is 542. The molecule has 2 heterocycles. The van der Waals surface area contributed by atoms with E-state index in [2.05, 4.69) is 15.3 Å². The Labute approximate surface area is 116 Å². The predicted molar refractivity (Wildman–Crippen MR) is 78.2 cm³/mol. The molecule has 2 aromatic rings. The number of nitrogens with one attached hydrogen (secondary N) is 2. The minimum atomic E-state index is 0.195. The molecule has 1 saturated heterocycles. The Kier molecular flexibility index (Phi) is 3.73. The molecule has 0 bridgehead atoms. The van der Waals surface area contributed by atoms with E-state index in [-0.39, 0.29) is 11.8 Å². The van der Waals surface area contributed by atoms with Gasteiger partial charge in [0.25, 0.3) is 0 Å². The molecule has 100 valence electrons. The van der Waals surface area contributed by atoms with Gasteiger partial charge in [0, 0.05) is 24.6 Å². The summed E-state index contributed by atoms with van der Waals surface area (Å²) in [4.78, 5) is 19.6. The van der Waals surface area contributed by atoms with Crippen LogP contribution in [0, 0.1) is 5.92 Å². The molecule has 1 atom stereocenters. The number of nitrogens with zero attached hydrogens (tertiary/aromatic N) is 1. The summed E-state index contributed by atoms with van der Waals surface area (Å²) in [5.74, 6) is 3.42. The van der Waals surface area contributed by atoms with Crippen LogP contribution in [0.4, 0.5) is 0 Å². The Balaban J connectivity index is 1.53. The van der Waals surface area contributed by atoms with E-state index in [0.29, 0.717) is 6.54 Å². The third kappa shape index (κ3) is 2.92. The molecule has 0 radical (unpaired) electrons. The van der Waals surface area contributed by atoms with Crippen LogP contribution in [0.15, 0.2) is 24.3 Å². The number of benzene rings is 1. The van der Waals surface area contributed by atoms with Crippen LogP contribution in [0.2, 0.25) is 0 Å². The molecule has 0 saturated carbocycles. The van der Waals surface area contributed by atoms with Gasteiger partial charge < -0.3 is 10.3 Å². The van der Waals surface area contributed by atoms with Crippen molar-refractivity contribution in [3.05, 3.63) is 30.1 Å². The quantitative estimate of drug-likeness (QED) is 0.897. The predicted octanol–water partition coefficient (Wildman–Crippen LogP) is 1.97. The van der Waals surface area contributed by atoms with Crippen molar-refractivity contribution in [3.8, 4) is 0 Å². The molecule has 4 nitrogen and oxygen atoms in total. The van der Waals surface area contributed by atoms with Crippen molar-refractivity contribution in [2.75, 3.05) is 18.1 Å². The standard InChI is InChI=1S/C14H17N3OS/c18-14(10-6-8-19-9-10)15-7-5-13-16-11-3-1-2-4-12(11)17-13/h1-4,10H,5-9H2,(H,15,18)(H,16,17). The molecule has 1 aromatic heterocycles. The van der Waals surface area contributed by atoms with E-state index in [1.54, 1.807) is 0 Å². The number of thioether (sulfide) groups is 1. The first kappa shape index (κ1) is 12.5. The summed E-state index contributed by atoms with van der Waals surface area (Å²) in [5, 5.41) is 3.01. The van der Waals surface area contributed by atoms with E-state index in [1.165, 1.54) is 0 Å². The lowest BCUT2D eigenvalue weighted by atomic mass is 10.1. The summed E-state index contributed by atoms with van der Waals surface area (Å²) in [7, 11) is 0. The summed E-state index contributed by atoms with van der Waals surface area (Å²) < 4.78 is 0. The van der Waals surface area contributed by atoms with Crippen LogP contribution in [0.25, 0.3) is 11.0 Å². The number of fused-ring (bicyclic) bond motifs is 1. The average Bonchev–Trinajstić information content (AvgIpc) is 3.07. The maximum atomic E-state index is 11.9. The zero-order valence-electron chi connectivity index (χ0n) is 10.7. The Morgan fingerprint density at radius 3 is 3.16 bits per heavy atom. The van der Waals surface area contributed by atoms with E-state index >= 15 is 0 Å². The molecule has 1 fully saturated rings. The number of hydrogen-bond donors (Lipinski definition) is 2. The summed E-state index contributed by atoms with van der Waals surface area (Å²) in [5.41, 5.74) is 2.03. The maximum absolute atomic E-state index is 11.9. The summed E-state index contributed by atoms with van der Waals surface area (Å²) in [6, 6.07) is 7.97. The zero-order valence-corrected chi connectivity index (χ0v) is 11.5. The fourth-order valence-electron chi connectivity index (χ4n) is 2.31. The van der Waals surface area contributed by atoms with Gasteiger partial charge in [0.1, 0.15) is 5.82 Å². The van der Waals surface area contributed by atoms with Crippen molar-refractivity contribution in [1.29, 1.82) is 0 Å². The van der Waals surface area contributed by atoms with Crippen molar-refractivity contribution in [2.45, 2.75) is 12.8 Å². The highest BCUT2D eigenvalue weighted by atomic mass is 32.2. The average molecular weight is 275 g/mol. The molecule has 1 aromatic carbocycles. The number of carbonyl (C=O) groups excluding carboxylic acids is 1. The fraction of sp³-hybridized carbons (Fsp3) is 0.429. The van der Waals surface area contributed by atoms with Crippen molar-refractivity contribution in [3.63, 3.8) is 0 Å². The van der Waals surface area contributed by atoms with Gasteiger partial charge in [-0.25, -0.2) is 4.98 Å². The number of aromatic nitrogens is 2. The maximum Gasteiger partial charge on any atom is 0.223 e. The molecule has 0 spiro atoms. The van der Waals surface area contributed by atoms with E-state index < -0.39 is 0 Å². The first-order chi connectivity index (χ1) is 9.33. The molecule has 1 unspecified atom stereocenters. The topological polar surface area (TPSA) is 57.8 Å². The number of carbonyl (C=O) groups is 1. The minimum absolute atomic E-state index is 0.195. The second-order valence-corrected chi connectivity index (χ2v) is 5.95. The molecular weight excluding hydrogens is 258 g/mol. The van der Waals surface area contributed by atoms with Crippen molar-refractivity contribution >= 4 is 28.7 Å². The van der Waals surface area contributed by atoms with Gasteiger partial charge in [-0.05, 0) is 24.3 Å². The second-order valence-electron chi connectivity index (χ2n) is 4.80. The van der Waals surface area contributed by atoms with Crippen molar-refractivity contribution in [2.24, 2.45) is 5.92 Å². The Morgan fingerprint density at radius 1 is 1.47 bits per heavy atom. The first-order valence-electron chi connectivity index (χ1n) is 6.62. The van der Waals surface area contributed by atoms with Crippen molar-refractivity contribution < 1.29 is 4.79 Å². The molecule has 1 amide bonds.